The maximum Gasteiger partial charge on any atom is 0.125 e. The van der Waals surface area contributed by atoms with Crippen molar-refractivity contribution in [1.29, 1.82) is 0 Å². The minimum absolute atomic E-state index is 0.139. The molecule has 0 aromatic heterocycles. The van der Waals surface area contributed by atoms with Crippen molar-refractivity contribution in [2.45, 2.75) is 47.5 Å². The van der Waals surface area contributed by atoms with E-state index < -0.39 is 0 Å². The molecule has 0 N–H and O–H groups in total. The van der Waals surface area contributed by atoms with Gasteiger partial charge >= 0.3 is 0 Å². The van der Waals surface area contributed by atoms with Crippen LogP contribution >= 0.6 is 0 Å². The van der Waals surface area contributed by atoms with Crippen LogP contribution in [0.25, 0.3) is 0 Å². The van der Waals surface area contributed by atoms with Gasteiger partial charge in [-0.25, -0.2) is 0 Å². The highest BCUT2D eigenvalue weighted by Crippen LogP contribution is 2.23. The third-order valence-electron chi connectivity index (χ3n) is 3.06. The van der Waals surface area contributed by atoms with Crippen LogP contribution in [0.3, 0.4) is 0 Å². The zero-order valence-corrected chi connectivity index (χ0v) is 11.9. The van der Waals surface area contributed by atoms with Crippen LogP contribution < -0.4 is 0 Å². The van der Waals surface area contributed by atoms with Gasteiger partial charge in [0.15, 0.2) is 0 Å². The number of hydrogen-bond donors (Lipinski definition) is 0. The molecule has 0 amide bonds. The van der Waals surface area contributed by atoms with Crippen LogP contribution in [0.5, 0.6) is 0 Å². The number of hydrogen-bond acceptors (Lipinski definition) is 2. The Morgan fingerprint density at radius 3 is 1.81 bits per heavy atom. The molecule has 0 unspecified atom stereocenters. The first-order chi connectivity index (χ1) is 7.26. The van der Waals surface area contributed by atoms with Gasteiger partial charge in [0.25, 0.3) is 0 Å². The highest BCUT2D eigenvalue weighted by Gasteiger charge is 2.18. The van der Waals surface area contributed by atoms with Gasteiger partial charge < -0.3 is 9.69 Å². The lowest BCUT2D eigenvalue weighted by Gasteiger charge is -2.31. The normalized spacial score (nSPS) is 19.2. The van der Waals surface area contributed by atoms with Crippen molar-refractivity contribution in [2.24, 2.45) is 17.3 Å². The molecule has 1 aliphatic heterocycles. The second kappa shape index (κ2) is 7.05. The van der Waals surface area contributed by atoms with Crippen LogP contribution in [0, 0.1) is 17.3 Å². The van der Waals surface area contributed by atoms with Gasteiger partial charge in [-0.1, -0.05) is 34.6 Å². The van der Waals surface area contributed by atoms with Crippen LogP contribution in [-0.2, 0) is 4.79 Å². The van der Waals surface area contributed by atoms with E-state index in [4.69, 9.17) is 0 Å². The van der Waals surface area contributed by atoms with E-state index in [1.807, 2.05) is 20.8 Å². The summed E-state index contributed by atoms with van der Waals surface area (Å²) < 4.78 is 0. The van der Waals surface area contributed by atoms with Crippen molar-refractivity contribution < 1.29 is 4.79 Å². The predicted molar refractivity (Wildman–Crippen MR) is 70.6 cm³/mol. The molecule has 0 aromatic rings. The minimum atomic E-state index is -0.139. The lowest BCUT2D eigenvalue weighted by molar-refractivity contribution is -0.113. The first kappa shape index (κ1) is 15.6. The summed E-state index contributed by atoms with van der Waals surface area (Å²) in [5.74, 6) is 1.89. The third kappa shape index (κ3) is 7.86. The molecule has 0 radical (unpaired) electrons. The lowest BCUT2D eigenvalue weighted by atomic mass is 9.87. The van der Waals surface area contributed by atoms with E-state index in [0.29, 0.717) is 0 Å². The van der Waals surface area contributed by atoms with Crippen LogP contribution in [0.15, 0.2) is 0 Å². The Morgan fingerprint density at radius 1 is 1.19 bits per heavy atom. The van der Waals surface area contributed by atoms with E-state index in [1.165, 1.54) is 25.9 Å². The topological polar surface area (TPSA) is 20.3 Å². The molecule has 16 heavy (non-hydrogen) atoms. The smallest absolute Gasteiger partial charge is 0.125 e. The highest BCUT2D eigenvalue weighted by molar-refractivity contribution is 5.56. The molecule has 1 heterocycles. The first-order valence-electron chi connectivity index (χ1n) is 6.41. The fraction of sp³-hybridized carbons (Fsp3) is 0.929. The lowest BCUT2D eigenvalue weighted by Crippen LogP contribution is -2.32. The Hall–Kier alpha value is -0.370. The van der Waals surface area contributed by atoms with E-state index in [9.17, 15) is 4.79 Å². The summed E-state index contributed by atoms with van der Waals surface area (Å²) in [4.78, 5) is 12.3. The average Bonchev–Trinajstić information content (AvgIpc) is 2.18. The Balaban J connectivity index is 0.000000325. The fourth-order valence-electron chi connectivity index (χ4n) is 1.70. The minimum Gasteiger partial charge on any atom is -0.306 e. The average molecular weight is 227 g/mol. The van der Waals surface area contributed by atoms with E-state index in [-0.39, 0.29) is 5.41 Å². The molecule has 1 saturated heterocycles. The van der Waals surface area contributed by atoms with Crippen molar-refractivity contribution in [3.8, 4) is 0 Å². The Labute approximate surface area is 101 Å². The molecule has 1 fully saturated rings. The van der Waals surface area contributed by atoms with Crippen molar-refractivity contribution in [3.05, 3.63) is 0 Å². The molecule has 0 atom stereocenters. The van der Waals surface area contributed by atoms with E-state index in [1.54, 1.807) is 0 Å². The molecule has 0 saturated carbocycles. The van der Waals surface area contributed by atoms with E-state index in [2.05, 4.69) is 25.8 Å². The Bertz CT molecular complexity index is 185. The number of rotatable bonds is 1. The van der Waals surface area contributed by atoms with Crippen LogP contribution in [0.4, 0.5) is 0 Å². The Kier molecular flexibility index (Phi) is 6.89. The predicted octanol–water partition coefficient (Wildman–Crippen LogP) is 3.22. The van der Waals surface area contributed by atoms with Crippen LogP contribution in [0.2, 0.25) is 0 Å². The fourth-order valence-corrected chi connectivity index (χ4v) is 1.70. The summed E-state index contributed by atoms with van der Waals surface area (Å²) in [5.41, 5.74) is -0.139. The van der Waals surface area contributed by atoms with Crippen molar-refractivity contribution >= 4 is 6.29 Å². The first-order valence-corrected chi connectivity index (χ1v) is 6.41. The van der Waals surface area contributed by atoms with Crippen molar-refractivity contribution in [1.82, 2.24) is 4.90 Å². The summed E-state index contributed by atoms with van der Waals surface area (Å²) >= 11 is 0. The van der Waals surface area contributed by atoms with Crippen LogP contribution in [-0.4, -0.2) is 31.3 Å². The molecule has 1 aliphatic rings. The molecule has 0 spiro atoms. The largest absolute Gasteiger partial charge is 0.306 e. The van der Waals surface area contributed by atoms with Gasteiger partial charge in [0.05, 0.1) is 0 Å². The van der Waals surface area contributed by atoms with Gasteiger partial charge in [0, 0.05) is 5.41 Å². The third-order valence-corrected chi connectivity index (χ3v) is 3.06. The summed E-state index contributed by atoms with van der Waals surface area (Å²) in [7, 11) is 2.22. The summed E-state index contributed by atoms with van der Waals surface area (Å²) in [6, 6.07) is 0. The van der Waals surface area contributed by atoms with Gasteiger partial charge in [-0.05, 0) is 44.8 Å². The van der Waals surface area contributed by atoms with Crippen molar-refractivity contribution in [3.63, 3.8) is 0 Å². The molecular formula is C14H29NO. The zero-order chi connectivity index (χ0) is 12.8. The number of carbonyl (C=O) groups excluding carboxylic acids is 1. The summed E-state index contributed by atoms with van der Waals surface area (Å²) in [6.07, 6.45) is 3.76. The van der Waals surface area contributed by atoms with Gasteiger partial charge in [0.2, 0.25) is 0 Å². The molecule has 96 valence electrons. The molecule has 0 bridgehead atoms. The number of carbonyl (C=O) groups is 1. The second-order valence-electron chi connectivity index (χ2n) is 6.37. The van der Waals surface area contributed by atoms with Gasteiger partial charge in [0.1, 0.15) is 6.29 Å². The van der Waals surface area contributed by atoms with Gasteiger partial charge in [-0.3, -0.25) is 0 Å². The van der Waals surface area contributed by atoms with Crippen molar-refractivity contribution in [2.75, 3.05) is 20.1 Å². The quantitative estimate of drug-likeness (QED) is 0.641. The molecule has 1 rings (SSSR count). The molecule has 2 heteroatoms. The Morgan fingerprint density at radius 2 is 1.56 bits per heavy atom. The standard InChI is InChI=1S/C9H19N.C5H10O/c1-8(2)9-4-6-10(3)7-5-9;1-5(2,3)4-6/h8-9H,4-7H2,1-3H3;4H,1-3H3. The molecule has 0 aromatic carbocycles. The molecule has 2 nitrogen and oxygen atoms in total. The molecular weight excluding hydrogens is 198 g/mol. The highest BCUT2D eigenvalue weighted by atomic mass is 16.1. The number of likely N-dealkylation sites (tertiary alicyclic amines) is 1. The maximum absolute atomic E-state index is 9.83. The van der Waals surface area contributed by atoms with Gasteiger partial charge in [-0.2, -0.15) is 0 Å². The number of piperidine rings is 1. The van der Waals surface area contributed by atoms with E-state index in [0.717, 1.165) is 18.1 Å². The summed E-state index contributed by atoms with van der Waals surface area (Å²) in [5, 5.41) is 0. The maximum atomic E-state index is 9.83. The number of aldehydes is 1. The van der Waals surface area contributed by atoms with Crippen LogP contribution in [0.1, 0.15) is 47.5 Å². The van der Waals surface area contributed by atoms with Gasteiger partial charge in [-0.15, -0.1) is 0 Å². The zero-order valence-electron chi connectivity index (χ0n) is 11.9. The second-order valence-corrected chi connectivity index (χ2v) is 6.37. The summed E-state index contributed by atoms with van der Waals surface area (Å²) in [6.45, 7) is 12.9. The molecule has 0 aliphatic carbocycles. The monoisotopic (exact) mass is 227 g/mol. The SMILES string of the molecule is CC(C)(C)C=O.CC(C)C1CCN(C)CC1. The number of nitrogens with zero attached hydrogens (tertiary/aromatic N) is 1. The van der Waals surface area contributed by atoms with E-state index >= 15 is 0 Å².